The summed E-state index contributed by atoms with van der Waals surface area (Å²) in [5, 5.41) is 17.5. The first-order chi connectivity index (χ1) is 10.5. The fraction of sp³-hybridized carbons (Fsp3) is 0.286. The summed E-state index contributed by atoms with van der Waals surface area (Å²) in [6.45, 7) is 0. The molecule has 4 N–H and O–H groups in total. The van der Waals surface area contributed by atoms with E-state index in [0.717, 1.165) is 5.56 Å². The van der Waals surface area contributed by atoms with Crippen LogP contribution in [0.15, 0.2) is 18.3 Å². The Balaban J connectivity index is 2.46. The van der Waals surface area contributed by atoms with Gasteiger partial charge in [0.15, 0.2) is 17.0 Å². The summed E-state index contributed by atoms with van der Waals surface area (Å²) >= 11 is 0. The molecule has 1 heterocycles. The van der Waals surface area contributed by atoms with Gasteiger partial charge in [-0.25, -0.2) is 4.98 Å². The second-order valence-corrected chi connectivity index (χ2v) is 4.51. The van der Waals surface area contributed by atoms with Gasteiger partial charge in [0.1, 0.15) is 0 Å². The smallest absolute Gasteiger partial charge is 0.236 e. The zero-order valence-corrected chi connectivity index (χ0v) is 12.6. The Morgan fingerprint density at radius 2 is 1.77 bits per heavy atom. The summed E-state index contributed by atoms with van der Waals surface area (Å²) in [4.78, 5) is 3.84. The molecule has 0 saturated heterocycles. The van der Waals surface area contributed by atoms with E-state index in [9.17, 15) is 5.21 Å². The lowest BCUT2D eigenvalue weighted by Crippen LogP contribution is -2.25. The lowest BCUT2D eigenvalue weighted by molar-refractivity contribution is 0.172. The van der Waals surface area contributed by atoms with Gasteiger partial charge in [-0.3, -0.25) is 5.41 Å². The number of benzene rings is 1. The van der Waals surface area contributed by atoms with Crippen LogP contribution in [-0.2, 0) is 6.42 Å². The zero-order valence-electron chi connectivity index (χ0n) is 12.6. The quantitative estimate of drug-likeness (QED) is 0.704. The number of anilines is 1. The molecule has 2 rings (SSSR count). The van der Waals surface area contributed by atoms with Crippen molar-refractivity contribution in [1.82, 2.24) is 9.71 Å². The number of nitrogens with zero attached hydrogens (tertiary/aromatic N) is 2. The SMILES string of the molecule is COc1cc(Cc2cnc(N)n(O)c2=N)cc(OC)c1OC. The number of ether oxygens (including phenoxy) is 3. The third kappa shape index (κ3) is 2.76. The highest BCUT2D eigenvalue weighted by Gasteiger charge is 2.14. The first-order valence-electron chi connectivity index (χ1n) is 6.41. The minimum Gasteiger partial charge on any atom is -0.493 e. The van der Waals surface area contributed by atoms with E-state index < -0.39 is 0 Å². The van der Waals surface area contributed by atoms with Crippen molar-refractivity contribution in [3.8, 4) is 17.2 Å². The van der Waals surface area contributed by atoms with E-state index in [1.807, 2.05) is 0 Å². The molecule has 0 aliphatic heterocycles. The normalized spacial score (nSPS) is 10.3. The highest BCUT2D eigenvalue weighted by atomic mass is 16.5. The van der Waals surface area contributed by atoms with Crippen LogP contribution in [0.2, 0.25) is 0 Å². The average molecular weight is 306 g/mol. The fourth-order valence-electron chi connectivity index (χ4n) is 2.10. The summed E-state index contributed by atoms with van der Waals surface area (Å²) < 4.78 is 16.4. The lowest BCUT2D eigenvalue weighted by atomic mass is 10.1. The molecular weight excluding hydrogens is 288 g/mol. The van der Waals surface area contributed by atoms with E-state index >= 15 is 0 Å². The number of nitrogens with one attached hydrogen (secondary N) is 1. The van der Waals surface area contributed by atoms with E-state index in [-0.39, 0.29) is 11.4 Å². The van der Waals surface area contributed by atoms with E-state index in [1.165, 1.54) is 27.5 Å². The second-order valence-electron chi connectivity index (χ2n) is 4.51. The van der Waals surface area contributed by atoms with Crippen LogP contribution < -0.4 is 25.4 Å². The van der Waals surface area contributed by atoms with E-state index in [2.05, 4.69) is 4.98 Å². The Morgan fingerprint density at radius 3 is 2.27 bits per heavy atom. The van der Waals surface area contributed by atoms with E-state index in [0.29, 0.717) is 34.0 Å². The molecule has 0 unspecified atom stereocenters. The molecule has 0 atom stereocenters. The standard InChI is InChI=1S/C14H18N4O4/c1-20-10-5-8(6-11(21-2)12(10)22-3)4-9-7-17-14(16)18(19)13(9)15/h5-7,15,19H,4H2,1-3H3,(H2,16,17). The summed E-state index contributed by atoms with van der Waals surface area (Å²) in [6.07, 6.45) is 1.80. The number of nitrogens with two attached hydrogens (primary N) is 1. The van der Waals surface area contributed by atoms with Crippen molar-refractivity contribution in [2.75, 3.05) is 27.1 Å². The number of hydrogen-bond acceptors (Lipinski definition) is 7. The Labute approximate surface area is 127 Å². The number of hydrogen-bond donors (Lipinski definition) is 3. The number of aromatic nitrogens is 2. The molecule has 0 fully saturated rings. The van der Waals surface area contributed by atoms with Crippen molar-refractivity contribution in [2.24, 2.45) is 0 Å². The molecule has 0 radical (unpaired) electrons. The highest BCUT2D eigenvalue weighted by Crippen LogP contribution is 2.38. The summed E-state index contributed by atoms with van der Waals surface area (Å²) in [5.41, 5.74) is 6.63. The molecular formula is C14H18N4O4. The molecule has 0 aliphatic rings. The number of nitrogen functional groups attached to an aromatic ring is 1. The Bertz CT molecular complexity index is 717. The van der Waals surface area contributed by atoms with Crippen molar-refractivity contribution in [1.29, 1.82) is 5.41 Å². The maximum absolute atomic E-state index is 9.62. The van der Waals surface area contributed by atoms with Crippen molar-refractivity contribution in [3.63, 3.8) is 0 Å². The van der Waals surface area contributed by atoms with Gasteiger partial charge in [0.2, 0.25) is 11.7 Å². The third-order valence-corrected chi connectivity index (χ3v) is 3.20. The Kier molecular flexibility index (Phi) is 4.40. The molecule has 1 aromatic heterocycles. The molecule has 0 spiro atoms. The largest absolute Gasteiger partial charge is 0.493 e. The van der Waals surface area contributed by atoms with Crippen molar-refractivity contribution < 1.29 is 19.4 Å². The van der Waals surface area contributed by atoms with Crippen LogP contribution in [0.25, 0.3) is 0 Å². The first-order valence-corrected chi connectivity index (χ1v) is 6.41. The Morgan fingerprint density at radius 1 is 1.18 bits per heavy atom. The van der Waals surface area contributed by atoms with Gasteiger partial charge in [0.25, 0.3) is 0 Å². The van der Waals surface area contributed by atoms with Crippen LogP contribution >= 0.6 is 0 Å². The molecule has 22 heavy (non-hydrogen) atoms. The third-order valence-electron chi connectivity index (χ3n) is 3.20. The van der Waals surface area contributed by atoms with Crippen LogP contribution in [0.5, 0.6) is 17.2 Å². The van der Waals surface area contributed by atoms with Crippen LogP contribution in [0.3, 0.4) is 0 Å². The fourth-order valence-corrected chi connectivity index (χ4v) is 2.10. The molecule has 0 aliphatic carbocycles. The maximum Gasteiger partial charge on any atom is 0.236 e. The molecule has 2 aromatic rings. The van der Waals surface area contributed by atoms with Crippen LogP contribution in [0, 0.1) is 5.41 Å². The molecule has 8 heteroatoms. The van der Waals surface area contributed by atoms with Gasteiger partial charge < -0.3 is 25.2 Å². The van der Waals surface area contributed by atoms with Gasteiger partial charge in [-0.05, 0) is 17.7 Å². The number of methoxy groups -OCH3 is 3. The van der Waals surface area contributed by atoms with Gasteiger partial charge in [-0.1, -0.05) is 0 Å². The molecule has 8 nitrogen and oxygen atoms in total. The van der Waals surface area contributed by atoms with Gasteiger partial charge in [-0.15, -0.1) is 4.73 Å². The van der Waals surface area contributed by atoms with Gasteiger partial charge in [0, 0.05) is 18.2 Å². The van der Waals surface area contributed by atoms with E-state index in [1.54, 1.807) is 12.1 Å². The van der Waals surface area contributed by atoms with Crippen LogP contribution in [-0.4, -0.2) is 36.3 Å². The summed E-state index contributed by atoms with van der Waals surface area (Å²) in [5.74, 6) is 1.39. The molecule has 0 bridgehead atoms. The predicted octanol–water partition coefficient (Wildman–Crippen LogP) is 0.799. The minimum absolute atomic E-state index is 0.124. The number of rotatable bonds is 5. The molecule has 118 valence electrons. The van der Waals surface area contributed by atoms with Crippen molar-refractivity contribution >= 4 is 5.95 Å². The molecule has 0 amide bonds. The zero-order chi connectivity index (χ0) is 16.3. The topological polar surface area (TPSA) is 116 Å². The van der Waals surface area contributed by atoms with Gasteiger partial charge in [-0.2, -0.15) is 0 Å². The Hall–Kier alpha value is -2.90. The van der Waals surface area contributed by atoms with Crippen LogP contribution in [0.1, 0.15) is 11.1 Å². The summed E-state index contributed by atoms with van der Waals surface area (Å²) in [7, 11) is 4.59. The maximum atomic E-state index is 9.62. The lowest BCUT2D eigenvalue weighted by Gasteiger charge is -2.14. The second kappa shape index (κ2) is 6.25. The highest BCUT2D eigenvalue weighted by molar-refractivity contribution is 5.54. The predicted molar refractivity (Wildman–Crippen MR) is 78.6 cm³/mol. The van der Waals surface area contributed by atoms with Crippen LogP contribution in [0.4, 0.5) is 5.95 Å². The molecule has 0 saturated carbocycles. The van der Waals surface area contributed by atoms with Crippen molar-refractivity contribution in [2.45, 2.75) is 6.42 Å². The summed E-state index contributed by atoms with van der Waals surface area (Å²) in [6, 6.07) is 3.55. The van der Waals surface area contributed by atoms with Gasteiger partial charge in [0.05, 0.1) is 21.3 Å². The monoisotopic (exact) mass is 306 g/mol. The minimum atomic E-state index is -0.140. The molecule has 1 aromatic carbocycles. The average Bonchev–Trinajstić information content (AvgIpc) is 2.54. The first kappa shape index (κ1) is 15.5. The van der Waals surface area contributed by atoms with E-state index in [4.69, 9.17) is 25.4 Å². The van der Waals surface area contributed by atoms with Crippen molar-refractivity contribution in [3.05, 3.63) is 34.9 Å². The van der Waals surface area contributed by atoms with Gasteiger partial charge >= 0.3 is 0 Å².